The number of allylic oxidation sites excluding steroid dienone is 1. The van der Waals surface area contributed by atoms with Crippen LogP contribution in [0.3, 0.4) is 0 Å². The summed E-state index contributed by atoms with van der Waals surface area (Å²) in [7, 11) is -4.99. The predicted octanol–water partition coefficient (Wildman–Crippen LogP) is 2.98. The molecule has 10 nitrogen and oxygen atoms in total. The highest BCUT2D eigenvalue weighted by molar-refractivity contribution is 7.80. The minimum atomic E-state index is -4.99. The van der Waals surface area contributed by atoms with E-state index in [0.717, 1.165) is 37.8 Å². The zero-order valence-corrected chi connectivity index (χ0v) is 30.2. The van der Waals surface area contributed by atoms with Crippen LogP contribution in [0.4, 0.5) is 0 Å². The van der Waals surface area contributed by atoms with Gasteiger partial charge in [0.25, 0.3) is 0 Å². The van der Waals surface area contributed by atoms with E-state index in [9.17, 15) is 38.5 Å². The summed E-state index contributed by atoms with van der Waals surface area (Å²) in [6.07, 6.45) is 1.58. The summed E-state index contributed by atoms with van der Waals surface area (Å²) in [6.45, 7) is 12.8. The molecule has 1 aromatic rings. The Balaban J connectivity index is 0.000000500. The van der Waals surface area contributed by atoms with Gasteiger partial charge in [0.05, 0.1) is 25.4 Å². The van der Waals surface area contributed by atoms with Crippen molar-refractivity contribution in [3.8, 4) is 0 Å². The van der Waals surface area contributed by atoms with Gasteiger partial charge in [-0.05, 0) is 105 Å². The van der Waals surface area contributed by atoms with E-state index in [-0.39, 0.29) is 36.7 Å². The normalized spacial score (nSPS) is 40.4. The lowest BCUT2D eigenvalue weighted by Gasteiger charge is -2.63. The molecule has 1 aromatic carbocycles. The van der Waals surface area contributed by atoms with E-state index in [1.54, 1.807) is 0 Å². The standard InChI is InChI=1S/C29H50O9S.C8H11N/c1-6-18(16(2)3)8-7-17(4)29(34)26(33)25(32)24-20-10-9-19-13-22(31)23(38-39(35,36)37)14-27(19,5)21(20)11-12-28(24,29)15-30;9-7-6-8-4-2-1-3-5-8/h17-26,30-34H,2,6-15H2,1,3-5H3,(H,35,36,37);1-5H,6-7,9H2/t17-,18?,19+,20?,21?,22+,23+,24?,25+,26-,27+,28-,29-;/m1./s1. The monoisotopic (exact) mass is 695 g/mol. The minimum Gasteiger partial charge on any atom is -0.726 e. The predicted molar refractivity (Wildman–Crippen MR) is 182 cm³/mol. The second kappa shape index (κ2) is 15.5. The molecule has 0 spiro atoms. The van der Waals surface area contributed by atoms with Gasteiger partial charge in [0.2, 0.25) is 10.4 Å². The van der Waals surface area contributed by atoms with Gasteiger partial charge in [-0.15, -0.1) is 0 Å². The first-order chi connectivity index (χ1) is 22.5. The Bertz CT molecular complexity index is 1330. The Labute approximate surface area is 287 Å². The van der Waals surface area contributed by atoms with Crippen molar-refractivity contribution in [1.82, 2.24) is 0 Å². The Morgan fingerprint density at radius 1 is 1.15 bits per heavy atom. The highest BCUT2D eigenvalue weighted by atomic mass is 32.3. The molecule has 13 atom stereocenters. The van der Waals surface area contributed by atoms with Crippen molar-refractivity contribution >= 4 is 10.4 Å². The molecule has 4 aliphatic carbocycles. The fourth-order valence-corrected chi connectivity index (χ4v) is 11.4. The van der Waals surface area contributed by atoms with E-state index < -0.39 is 57.2 Å². The smallest absolute Gasteiger partial charge is 0.217 e. The molecule has 0 radical (unpaired) electrons. The molecular weight excluding hydrogens is 634 g/mol. The molecule has 11 heteroatoms. The molecule has 274 valence electrons. The van der Waals surface area contributed by atoms with E-state index >= 15 is 0 Å². The second-order valence-corrected chi connectivity index (χ2v) is 16.8. The third-order valence-corrected chi connectivity index (χ3v) is 13.9. The highest BCUT2D eigenvalue weighted by Crippen LogP contribution is 2.69. The fraction of sp³-hybridized carbons (Fsp3) is 0.784. The average molecular weight is 696 g/mol. The number of benzene rings is 1. The van der Waals surface area contributed by atoms with Crippen LogP contribution in [-0.4, -0.2) is 81.7 Å². The summed E-state index contributed by atoms with van der Waals surface area (Å²) in [6, 6.07) is 10.4. The van der Waals surface area contributed by atoms with Gasteiger partial charge < -0.3 is 35.8 Å². The number of quaternary nitrogens is 1. The van der Waals surface area contributed by atoms with Crippen LogP contribution in [-0.2, 0) is 21.0 Å². The van der Waals surface area contributed by atoms with Gasteiger partial charge in [-0.25, -0.2) is 8.42 Å². The first-order valence-corrected chi connectivity index (χ1v) is 19.3. The topological polar surface area (TPSA) is 195 Å². The molecule has 0 aliphatic heterocycles. The lowest BCUT2D eigenvalue weighted by atomic mass is 9.43. The van der Waals surface area contributed by atoms with E-state index in [2.05, 4.69) is 50.4 Å². The van der Waals surface area contributed by atoms with Gasteiger partial charge in [0, 0.05) is 17.8 Å². The molecule has 5 rings (SSSR count). The highest BCUT2D eigenvalue weighted by Gasteiger charge is 2.74. The van der Waals surface area contributed by atoms with Gasteiger partial charge in [-0.1, -0.05) is 63.3 Å². The average Bonchev–Trinajstić information content (AvgIpc) is 3.21. The Morgan fingerprint density at radius 3 is 2.38 bits per heavy atom. The summed E-state index contributed by atoms with van der Waals surface area (Å²) in [4.78, 5) is 0. The Kier molecular flexibility index (Phi) is 12.7. The molecule has 4 saturated carbocycles. The van der Waals surface area contributed by atoms with Crippen LogP contribution in [0.25, 0.3) is 0 Å². The number of hydrogen-bond donors (Lipinski definition) is 6. The molecule has 0 bridgehead atoms. The quantitative estimate of drug-likeness (QED) is 0.115. The first-order valence-electron chi connectivity index (χ1n) is 18.0. The van der Waals surface area contributed by atoms with E-state index in [0.29, 0.717) is 38.0 Å². The van der Waals surface area contributed by atoms with Gasteiger partial charge in [0.15, 0.2) is 0 Å². The van der Waals surface area contributed by atoms with E-state index in [4.69, 9.17) is 4.18 Å². The van der Waals surface area contributed by atoms with Crippen molar-refractivity contribution < 1.29 is 48.4 Å². The Hall–Kier alpha value is -1.41. The maximum absolute atomic E-state index is 12.3. The van der Waals surface area contributed by atoms with Crippen molar-refractivity contribution in [3.05, 3.63) is 48.0 Å². The van der Waals surface area contributed by atoms with Crippen LogP contribution < -0.4 is 5.73 Å². The SMILES string of the molecule is C=C(C)C(CC)CC[C@@H](C)[C@@]1(O)[C@H](O)[C@@H](O)C2C3CC[C@H]4C[C@H](O)[C@@H](OS(=O)(=O)[O-])C[C@]4(C)C3CC[C@@]21CO.[NH3+]CCc1ccccc1. The largest absolute Gasteiger partial charge is 0.726 e. The molecule has 4 unspecified atom stereocenters. The number of aliphatic hydroxyl groups is 5. The molecule has 0 amide bonds. The van der Waals surface area contributed by atoms with Gasteiger partial charge in [0.1, 0.15) is 17.8 Å². The van der Waals surface area contributed by atoms with E-state index in [1.165, 1.54) is 5.56 Å². The van der Waals surface area contributed by atoms with Crippen LogP contribution in [0.5, 0.6) is 0 Å². The summed E-state index contributed by atoms with van der Waals surface area (Å²) in [5.74, 6) is -0.682. The number of rotatable bonds is 11. The van der Waals surface area contributed by atoms with Crippen molar-refractivity contribution in [2.45, 2.75) is 122 Å². The molecule has 0 heterocycles. The van der Waals surface area contributed by atoms with Crippen LogP contribution in [0.2, 0.25) is 0 Å². The first kappa shape index (κ1) is 39.4. The molecule has 4 aliphatic rings. The number of hydrogen-bond acceptors (Lipinski definition) is 9. The van der Waals surface area contributed by atoms with Crippen molar-refractivity contribution in [2.24, 2.45) is 46.3 Å². The van der Waals surface area contributed by atoms with Crippen LogP contribution in [0.15, 0.2) is 42.5 Å². The maximum Gasteiger partial charge on any atom is 0.217 e. The minimum absolute atomic E-state index is 0.0127. The summed E-state index contributed by atoms with van der Waals surface area (Å²) in [5.41, 5.74) is 3.02. The molecular formula is C37H61NO9S. The van der Waals surface area contributed by atoms with Gasteiger partial charge in [-0.3, -0.25) is 4.18 Å². The van der Waals surface area contributed by atoms with Crippen LogP contribution in [0, 0.1) is 46.3 Å². The molecule has 8 N–H and O–H groups in total. The molecule has 0 aromatic heterocycles. The zero-order chi connectivity index (χ0) is 35.7. The number of aliphatic hydroxyl groups excluding tert-OH is 4. The zero-order valence-electron chi connectivity index (χ0n) is 29.3. The lowest BCUT2D eigenvalue weighted by Crippen LogP contribution is -2.63. The van der Waals surface area contributed by atoms with Crippen molar-refractivity contribution in [1.29, 1.82) is 0 Å². The summed E-state index contributed by atoms with van der Waals surface area (Å²) >= 11 is 0. The van der Waals surface area contributed by atoms with Crippen LogP contribution in [0.1, 0.15) is 91.0 Å². The third-order valence-electron chi connectivity index (χ3n) is 13.4. The van der Waals surface area contributed by atoms with Crippen molar-refractivity contribution in [2.75, 3.05) is 13.2 Å². The summed E-state index contributed by atoms with van der Waals surface area (Å²) in [5, 5.41) is 56.8. The Morgan fingerprint density at radius 2 is 1.81 bits per heavy atom. The van der Waals surface area contributed by atoms with Crippen LogP contribution >= 0.6 is 0 Å². The molecule has 48 heavy (non-hydrogen) atoms. The third kappa shape index (κ3) is 7.32. The van der Waals surface area contributed by atoms with Gasteiger partial charge in [-0.2, -0.15) is 0 Å². The van der Waals surface area contributed by atoms with Crippen molar-refractivity contribution in [3.63, 3.8) is 0 Å². The lowest BCUT2D eigenvalue weighted by molar-refractivity contribution is -0.366. The fourth-order valence-electron chi connectivity index (χ4n) is 10.9. The second-order valence-electron chi connectivity index (χ2n) is 15.8. The summed E-state index contributed by atoms with van der Waals surface area (Å²) < 4.78 is 38.9. The molecule has 0 saturated heterocycles. The maximum atomic E-state index is 12.3. The molecule has 4 fully saturated rings. The van der Waals surface area contributed by atoms with E-state index in [1.807, 2.05) is 19.9 Å². The van der Waals surface area contributed by atoms with Gasteiger partial charge >= 0.3 is 0 Å². The number of fused-ring (bicyclic) bond motifs is 5.